The zero-order valence-electron chi connectivity index (χ0n) is 25.9. The van der Waals surface area contributed by atoms with Gasteiger partial charge in [-0.15, -0.1) is 0 Å². The van der Waals surface area contributed by atoms with Crippen LogP contribution in [0.3, 0.4) is 0 Å². The van der Waals surface area contributed by atoms with Crippen LogP contribution < -0.4 is 15.0 Å². The summed E-state index contributed by atoms with van der Waals surface area (Å²) in [5.41, 5.74) is -2.28. The maximum atomic E-state index is 16.8. The van der Waals surface area contributed by atoms with Gasteiger partial charge in [0.2, 0.25) is 0 Å². The molecule has 0 unspecified atom stereocenters. The number of nitrogens with one attached hydrogen (secondary N) is 1. The van der Waals surface area contributed by atoms with E-state index in [1.54, 1.807) is 25.2 Å². The van der Waals surface area contributed by atoms with Crippen LogP contribution in [0, 0.1) is 17.0 Å². The number of ether oxygens (including phenoxy) is 2. The molecule has 2 bridgehead atoms. The number of fused-ring (bicyclic) bond motifs is 4. The Labute approximate surface area is 273 Å². The molecule has 0 radical (unpaired) electrons. The number of halogens is 5. The fraction of sp³-hybridized carbons (Fsp3) is 0.471. The molecule has 1 saturated carbocycles. The second-order valence-corrected chi connectivity index (χ2v) is 14.4. The molecule has 4 fully saturated rings. The number of alkyl halides is 2. The van der Waals surface area contributed by atoms with Crippen LogP contribution in [-0.2, 0) is 4.74 Å². The summed E-state index contributed by atoms with van der Waals surface area (Å²) in [5.74, 6) is -4.76. The summed E-state index contributed by atoms with van der Waals surface area (Å²) in [6, 6.07) is 8.83. The first-order chi connectivity index (χ1) is 22.4. The molecule has 8 rings (SSSR count). The van der Waals surface area contributed by atoms with E-state index in [0.29, 0.717) is 37.1 Å². The second-order valence-electron chi connectivity index (χ2n) is 14.0. The molecule has 8 nitrogen and oxygen atoms in total. The molecular formula is C34H34ClF4N5O3. The average molecular weight is 672 g/mol. The Balaban J connectivity index is 1.24. The maximum absolute atomic E-state index is 16.8. The Hall–Kier alpha value is -3.45. The standard InChI is InChI=1S/C34H34ClF4N5O3/c1-32-7-6-19(42-32)11-44(15-32)30-23-10-25(36)27(22-9-21(45)8-18-4-3-5-24(35)26(18)22)28(37)29(23)40-31(41-30)47-17-33(14-34(33,38)39)16-43(2)20-12-46-13-20/h3-5,8-10,19-20,42,45H,6-7,11-17H2,1-2H3/t19-,32+,33-/m1/s1. The van der Waals surface area contributed by atoms with Gasteiger partial charge >= 0.3 is 6.01 Å². The highest BCUT2D eigenvalue weighted by atomic mass is 35.5. The van der Waals surface area contributed by atoms with E-state index in [9.17, 15) is 13.9 Å². The molecule has 4 aromatic rings. The Bertz CT molecular complexity index is 1930. The zero-order chi connectivity index (χ0) is 32.9. The quantitative estimate of drug-likeness (QED) is 0.216. The number of aromatic nitrogens is 2. The summed E-state index contributed by atoms with van der Waals surface area (Å²) in [6.07, 6.45) is 1.51. The van der Waals surface area contributed by atoms with Gasteiger partial charge in [-0.25, -0.2) is 17.6 Å². The average Bonchev–Trinajstić information content (AvgIpc) is 3.39. The monoisotopic (exact) mass is 671 g/mol. The van der Waals surface area contributed by atoms with Crippen LogP contribution in [0.4, 0.5) is 23.4 Å². The van der Waals surface area contributed by atoms with E-state index in [1.165, 1.54) is 18.2 Å². The van der Waals surface area contributed by atoms with Gasteiger partial charge in [-0.3, -0.25) is 4.90 Å². The SMILES string of the molecule is CN(C[C@@]1(COc2nc(N3C[C@H]4CC[C@@](C)(C3)N4)c3cc(F)c(-c4cc(O)cc5cccc(Cl)c45)c(F)c3n2)CC1(F)F)C1COC1. The fourth-order valence-electron chi connectivity index (χ4n) is 7.62. The molecule has 248 valence electrons. The van der Waals surface area contributed by atoms with Crippen molar-refractivity contribution in [2.45, 2.75) is 49.7 Å². The molecule has 3 aliphatic heterocycles. The molecule has 4 heterocycles. The van der Waals surface area contributed by atoms with Gasteiger partial charge < -0.3 is 24.8 Å². The van der Waals surface area contributed by atoms with E-state index in [2.05, 4.69) is 22.2 Å². The van der Waals surface area contributed by atoms with Crippen LogP contribution in [0.1, 0.15) is 26.2 Å². The van der Waals surface area contributed by atoms with Gasteiger partial charge in [0.15, 0.2) is 5.82 Å². The summed E-state index contributed by atoms with van der Waals surface area (Å²) < 4.78 is 73.9. The lowest BCUT2D eigenvalue weighted by atomic mass is 9.95. The van der Waals surface area contributed by atoms with Crippen LogP contribution in [0.5, 0.6) is 11.8 Å². The van der Waals surface area contributed by atoms with Crippen molar-refractivity contribution in [3.8, 4) is 22.9 Å². The topological polar surface area (TPSA) is 83.0 Å². The molecular weight excluding hydrogens is 638 g/mol. The van der Waals surface area contributed by atoms with E-state index in [1.807, 2.05) is 9.80 Å². The highest BCUT2D eigenvalue weighted by Crippen LogP contribution is 2.61. The first-order valence-electron chi connectivity index (χ1n) is 15.8. The van der Waals surface area contributed by atoms with E-state index in [4.69, 9.17) is 21.1 Å². The minimum absolute atomic E-state index is 0.0532. The van der Waals surface area contributed by atoms with E-state index < -0.39 is 28.5 Å². The molecule has 13 heteroatoms. The summed E-state index contributed by atoms with van der Waals surface area (Å²) >= 11 is 6.51. The molecule has 3 saturated heterocycles. The van der Waals surface area contributed by atoms with E-state index in [0.717, 1.165) is 12.8 Å². The molecule has 1 aromatic heterocycles. The van der Waals surface area contributed by atoms with Crippen LogP contribution >= 0.6 is 11.6 Å². The smallest absolute Gasteiger partial charge is 0.319 e. The Morgan fingerprint density at radius 3 is 2.68 bits per heavy atom. The normalized spacial score (nSPS) is 26.7. The number of likely N-dealkylation sites (N-methyl/N-ethyl adjacent to an activating group) is 1. The molecule has 1 aliphatic carbocycles. The van der Waals surface area contributed by atoms with Gasteiger partial charge in [0.1, 0.15) is 29.5 Å². The first kappa shape index (κ1) is 30.9. The largest absolute Gasteiger partial charge is 0.508 e. The van der Waals surface area contributed by atoms with Crippen molar-refractivity contribution in [3.63, 3.8) is 0 Å². The highest BCUT2D eigenvalue weighted by molar-refractivity contribution is 6.36. The van der Waals surface area contributed by atoms with Crippen molar-refractivity contribution < 1.29 is 32.1 Å². The van der Waals surface area contributed by atoms with Crippen molar-refractivity contribution in [2.24, 2.45) is 5.41 Å². The molecule has 0 spiro atoms. The number of rotatable bonds is 8. The van der Waals surface area contributed by atoms with Gasteiger partial charge in [0.25, 0.3) is 5.92 Å². The van der Waals surface area contributed by atoms with E-state index >= 15 is 8.78 Å². The number of benzene rings is 3. The predicted molar refractivity (Wildman–Crippen MR) is 171 cm³/mol. The van der Waals surface area contributed by atoms with Crippen molar-refractivity contribution in [3.05, 3.63) is 53.1 Å². The minimum Gasteiger partial charge on any atom is -0.508 e. The Morgan fingerprint density at radius 2 is 1.98 bits per heavy atom. The van der Waals surface area contributed by atoms with Crippen molar-refractivity contribution >= 4 is 39.1 Å². The van der Waals surface area contributed by atoms with Crippen LogP contribution in [0.25, 0.3) is 32.8 Å². The lowest BCUT2D eigenvalue weighted by Gasteiger charge is -2.40. The number of anilines is 1. The van der Waals surface area contributed by atoms with Crippen molar-refractivity contribution in [2.75, 3.05) is 51.4 Å². The van der Waals surface area contributed by atoms with Crippen LogP contribution in [0.2, 0.25) is 5.02 Å². The highest BCUT2D eigenvalue weighted by Gasteiger charge is 2.72. The Morgan fingerprint density at radius 1 is 1.19 bits per heavy atom. The molecule has 47 heavy (non-hydrogen) atoms. The van der Waals surface area contributed by atoms with Gasteiger partial charge in [-0.1, -0.05) is 23.7 Å². The third-order valence-electron chi connectivity index (χ3n) is 10.4. The number of hydrogen-bond acceptors (Lipinski definition) is 8. The molecule has 4 aliphatic rings. The summed E-state index contributed by atoms with van der Waals surface area (Å²) in [5, 5.41) is 15.3. The van der Waals surface area contributed by atoms with E-state index in [-0.39, 0.29) is 76.3 Å². The molecule has 3 aromatic carbocycles. The number of hydrogen-bond donors (Lipinski definition) is 2. The number of phenols is 1. The third-order valence-corrected chi connectivity index (χ3v) is 10.7. The molecule has 0 amide bonds. The van der Waals surface area contributed by atoms with Crippen molar-refractivity contribution in [1.82, 2.24) is 20.2 Å². The van der Waals surface area contributed by atoms with Gasteiger partial charge in [-0.05, 0) is 56.5 Å². The second kappa shape index (κ2) is 10.8. The van der Waals surface area contributed by atoms with Crippen molar-refractivity contribution in [1.29, 1.82) is 0 Å². The maximum Gasteiger partial charge on any atom is 0.319 e. The zero-order valence-corrected chi connectivity index (χ0v) is 26.7. The van der Waals surface area contributed by atoms with Crippen LogP contribution in [0.15, 0.2) is 36.4 Å². The number of nitrogens with zero attached hydrogens (tertiary/aromatic N) is 4. The van der Waals surface area contributed by atoms with Gasteiger partial charge in [-0.2, -0.15) is 9.97 Å². The molecule has 2 N–H and O–H groups in total. The third kappa shape index (κ3) is 5.15. The summed E-state index contributed by atoms with van der Waals surface area (Å²) in [6.45, 7) is 3.82. The lowest BCUT2D eigenvalue weighted by Crippen LogP contribution is -2.58. The summed E-state index contributed by atoms with van der Waals surface area (Å²) in [7, 11) is 1.79. The number of phenolic OH excluding ortho intramolecular Hbond substituents is 1. The van der Waals surface area contributed by atoms with Gasteiger partial charge in [0.05, 0.1) is 30.2 Å². The van der Waals surface area contributed by atoms with Gasteiger partial charge in [0, 0.05) is 59.0 Å². The first-order valence-corrected chi connectivity index (χ1v) is 16.2. The predicted octanol–water partition coefficient (Wildman–Crippen LogP) is 6.15. The number of piperazine rings is 1. The Kier molecular flexibility index (Phi) is 7.08. The number of aromatic hydroxyl groups is 1. The van der Waals surface area contributed by atoms with Crippen LogP contribution in [-0.4, -0.2) is 90.0 Å². The molecule has 3 atom stereocenters. The lowest BCUT2D eigenvalue weighted by molar-refractivity contribution is -0.0714. The fourth-order valence-corrected chi connectivity index (χ4v) is 7.91. The summed E-state index contributed by atoms with van der Waals surface area (Å²) in [4.78, 5) is 12.8. The minimum atomic E-state index is -2.95.